The molecule has 2 aromatic rings. The van der Waals surface area contributed by atoms with Crippen LogP contribution in [0.25, 0.3) is 0 Å². The molecule has 2 amide bonds. The van der Waals surface area contributed by atoms with Crippen LogP contribution in [0.15, 0.2) is 53.4 Å². The SMILES string of the molecule is Cc1ccc(SCCC(=O)Nc2ccc(C(=O)N3CCCC3)cc2)cc1. The number of hydrogen-bond donors (Lipinski definition) is 1. The van der Waals surface area contributed by atoms with Crippen molar-refractivity contribution in [2.24, 2.45) is 0 Å². The van der Waals surface area contributed by atoms with Crippen LogP contribution in [-0.4, -0.2) is 35.6 Å². The third-order valence-corrected chi connectivity index (χ3v) is 5.44. The Morgan fingerprint density at radius 2 is 1.65 bits per heavy atom. The lowest BCUT2D eigenvalue weighted by molar-refractivity contribution is -0.115. The van der Waals surface area contributed by atoms with E-state index in [-0.39, 0.29) is 11.8 Å². The van der Waals surface area contributed by atoms with Crippen LogP contribution in [0.5, 0.6) is 0 Å². The quantitative estimate of drug-likeness (QED) is 0.771. The number of rotatable bonds is 6. The van der Waals surface area contributed by atoms with E-state index in [2.05, 4.69) is 36.5 Å². The van der Waals surface area contributed by atoms with Crippen molar-refractivity contribution in [3.63, 3.8) is 0 Å². The van der Waals surface area contributed by atoms with Gasteiger partial charge in [-0.25, -0.2) is 0 Å². The number of likely N-dealkylation sites (tertiary alicyclic amines) is 1. The van der Waals surface area contributed by atoms with Crippen molar-refractivity contribution in [3.05, 3.63) is 59.7 Å². The number of benzene rings is 2. The van der Waals surface area contributed by atoms with Crippen molar-refractivity contribution in [3.8, 4) is 0 Å². The fourth-order valence-corrected chi connectivity index (χ4v) is 3.77. The van der Waals surface area contributed by atoms with Crippen molar-refractivity contribution in [1.29, 1.82) is 0 Å². The Morgan fingerprint density at radius 3 is 2.31 bits per heavy atom. The topological polar surface area (TPSA) is 49.4 Å². The predicted octanol–water partition coefficient (Wildman–Crippen LogP) is 4.35. The van der Waals surface area contributed by atoms with Crippen LogP contribution >= 0.6 is 11.8 Å². The average Bonchev–Trinajstić information content (AvgIpc) is 3.18. The first-order chi connectivity index (χ1) is 12.6. The minimum atomic E-state index is -0.0109. The van der Waals surface area contributed by atoms with Gasteiger partial charge in [0.05, 0.1) is 0 Å². The van der Waals surface area contributed by atoms with E-state index in [4.69, 9.17) is 0 Å². The minimum Gasteiger partial charge on any atom is -0.339 e. The molecule has 0 bridgehead atoms. The number of nitrogens with zero attached hydrogens (tertiary/aromatic N) is 1. The van der Waals surface area contributed by atoms with Gasteiger partial charge < -0.3 is 10.2 Å². The first kappa shape index (κ1) is 18.5. The molecule has 1 aliphatic rings. The summed E-state index contributed by atoms with van der Waals surface area (Å²) in [6.45, 7) is 3.75. The molecule has 0 saturated carbocycles. The van der Waals surface area contributed by atoms with Crippen LogP contribution in [0.3, 0.4) is 0 Å². The van der Waals surface area contributed by atoms with Crippen LogP contribution in [0.4, 0.5) is 5.69 Å². The number of hydrogen-bond acceptors (Lipinski definition) is 3. The number of nitrogens with one attached hydrogen (secondary N) is 1. The first-order valence-corrected chi connectivity index (χ1v) is 9.99. The fraction of sp³-hybridized carbons (Fsp3) is 0.333. The van der Waals surface area contributed by atoms with Crippen molar-refractivity contribution >= 4 is 29.3 Å². The lowest BCUT2D eigenvalue weighted by Gasteiger charge is -2.15. The van der Waals surface area contributed by atoms with E-state index < -0.39 is 0 Å². The van der Waals surface area contributed by atoms with Gasteiger partial charge in [0.1, 0.15) is 0 Å². The molecule has 0 unspecified atom stereocenters. The molecule has 1 saturated heterocycles. The molecule has 5 heteroatoms. The maximum Gasteiger partial charge on any atom is 0.253 e. The molecule has 26 heavy (non-hydrogen) atoms. The van der Waals surface area contributed by atoms with Gasteiger partial charge in [0, 0.05) is 41.4 Å². The van der Waals surface area contributed by atoms with Gasteiger partial charge in [0.25, 0.3) is 5.91 Å². The maximum atomic E-state index is 12.3. The highest BCUT2D eigenvalue weighted by molar-refractivity contribution is 7.99. The van der Waals surface area contributed by atoms with Gasteiger partial charge in [-0.1, -0.05) is 17.7 Å². The molecule has 0 atom stereocenters. The van der Waals surface area contributed by atoms with E-state index in [9.17, 15) is 9.59 Å². The van der Waals surface area contributed by atoms with Crippen LogP contribution < -0.4 is 5.32 Å². The van der Waals surface area contributed by atoms with Gasteiger partial charge in [-0.2, -0.15) is 0 Å². The van der Waals surface area contributed by atoms with Crippen molar-refractivity contribution < 1.29 is 9.59 Å². The zero-order valence-corrected chi connectivity index (χ0v) is 15.8. The predicted molar refractivity (Wildman–Crippen MR) is 107 cm³/mol. The second-order valence-corrected chi connectivity index (χ2v) is 7.70. The van der Waals surface area contributed by atoms with Gasteiger partial charge in [-0.05, 0) is 56.2 Å². The summed E-state index contributed by atoms with van der Waals surface area (Å²) in [7, 11) is 0. The molecular formula is C21H24N2O2S. The molecule has 3 rings (SSSR count). The number of amides is 2. The van der Waals surface area contributed by atoms with E-state index in [1.165, 1.54) is 10.5 Å². The lowest BCUT2D eigenvalue weighted by Crippen LogP contribution is -2.27. The maximum absolute atomic E-state index is 12.3. The molecule has 1 fully saturated rings. The van der Waals surface area contributed by atoms with Crippen molar-refractivity contribution in [1.82, 2.24) is 4.90 Å². The normalized spacial score (nSPS) is 13.7. The van der Waals surface area contributed by atoms with Crippen molar-refractivity contribution in [2.45, 2.75) is 31.1 Å². The largest absolute Gasteiger partial charge is 0.339 e. The third-order valence-electron chi connectivity index (χ3n) is 4.43. The van der Waals surface area contributed by atoms with Gasteiger partial charge in [-0.15, -0.1) is 11.8 Å². The minimum absolute atomic E-state index is 0.0109. The molecule has 0 radical (unpaired) electrons. The summed E-state index contributed by atoms with van der Waals surface area (Å²) in [6, 6.07) is 15.5. The lowest BCUT2D eigenvalue weighted by atomic mass is 10.2. The first-order valence-electron chi connectivity index (χ1n) is 9.00. The Morgan fingerprint density at radius 1 is 1.00 bits per heavy atom. The van der Waals surface area contributed by atoms with E-state index in [0.717, 1.165) is 37.4 Å². The van der Waals surface area contributed by atoms with Gasteiger partial charge in [-0.3, -0.25) is 9.59 Å². The number of carbonyl (C=O) groups is 2. The molecule has 0 aromatic heterocycles. The third kappa shape index (κ3) is 5.11. The van der Waals surface area contributed by atoms with E-state index in [0.29, 0.717) is 12.0 Å². The highest BCUT2D eigenvalue weighted by Crippen LogP contribution is 2.20. The van der Waals surface area contributed by atoms with E-state index >= 15 is 0 Å². The molecule has 1 N–H and O–H groups in total. The average molecular weight is 369 g/mol. The Hall–Kier alpha value is -2.27. The van der Waals surface area contributed by atoms with Crippen LogP contribution in [0, 0.1) is 6.92 Å². The van der Waals surface area contributed by atoms with Gasteiger partial charge in [0.2, 0.25) is 5.91 Å². The number of anilines is 1. The molecule has 1 heterocycles. The summed E-state index contributed by atoms with van der Waals surface area (Å²) >= 11 is 1.68. The molecule has 0 aliphatic carbocycles. The van der Waals surface area contributed by atoms with Gasteiger partial charge in [0.15, 0.2) is 0 Å². The summed E-state index contributed by atoms with van der Waals surface area (Å²) in [5.41, 5.74) is 2.65. The molecule has 1 aliphatic heterocycles. The second kappa shape index (κ2) is 8.90. The van der Waals surface area contributed by atoms with E-state index in [1.807, 2.05) is 4.90 Å². The van der Waals surface area contributed by atoms with Crippen molar-refractivity contribution in [2.75, 3.05) is 24.2 Å². The Balaban J connectivity index is 1.45. The Labute approximate surface area is 159 Å². The zero-order chi connectivity index (χ0) is 18.4. The molecule has 136 valence electrons. The fourth-order valence-electron chi connectivity index (χ4n) is 2.92. The second-order valence-electron chi connectivity index (χ2n) is 6.54. The number of carbonyl (C=O) groups excluding carboxylic acids is 2. The molecular weight excluding hydrogens is 344 g/mol. The Bertz CT molecular complexity index is 751. The monoisotopic (exact) mass is 368 g/mol. The summed E-state index contributed by atoms with van der Waals surface area (Å²) in [6.07, 6.45) is 2.62. The van der Waals surface area contributed by atoms with Gasteiger partial charge >= 0.3 is 0 Å². The van der Waals surface area contributed by atoms with Crippen LogP contribution in [0.1, 0.15) is 35.2 Å². The Kier molecular flexibility index (Phi) is 6.34. The zero-order valence-electron chi connectivity index (χ0n) is 15.0. The highest BCUT2D eigenvalue weighted by Gasteiger charge is 2.19. The van der Waals surface area contributed by atoms with Crippen LogP contribution in [-0.2, 0) is 4.79 Å². The number of aryl methyl sites for hydroxylation is 1. The standard InChI is InChI=1S/C21H24N2O2S/c1-16-4-10-19(11-5-16)26-15-12-20(24)22-18-8-6-17(7-9-18)21(25)23-13-2-3-14-23/h4-11H,2-3,12-15H2,1H3,(H,22,24). The highest BCUT2D eigenvalue weighted by atomic mass is 32.2. The summed E-state index contributed by atoms with van der Waals surface area (Å²) in [5, 5.41) is 2.90. The molecule has 0 spiro atoms. The number of thioether (sulfide) groups is 1. The summed E-state index contributed by atoms with van der Waals surface area (Å²) in [4.78, 5) is 27.5. The smallest absolute Gasteiger partial charge is 0.253 e. The summed E-state index contributed by atoms with van der Waals surface area (Å²) in [5.74, 6) is 0.804. The van der Waals surface area contributed by atoms with E-state index in [1.54, 1.807) is 36.0 Å². The molecule has 2 aromatic carbocycles. The molecule has 4 nitrogen and oxygen atoms in total. The summed E-state index contributed by atoms with van der Waals surface area (Å²) < 4.78 is 0. The van der Waals surface area contributed by atoms with Crippen LogP contribution in [0.2, 0.25) is 0 Å².